The lowest BCUT2D eigenvalue weighted by atomic mass is 10.1. The topological polar surface area (TPSA) is 69.6 Å². The molecule has 1 aromatic carbocycles. The van der Waals surface area contributed by atoms with Gasteiger partial charge in [-0.05, 0) is 30.5 Å². The molecule has 0 saturated heterocycles. The van der Waals surface area contributed by atoms with Gasteiger partial charge in [-0.1, -0.05) is 19.1 Å². The molecule has 0 spiro atoms. The van der Waals surface area contributed by atoms with Gasteiger partial charge in [0.2, 0.25) is 5.91 Å². The van der Waals surface area contributed by atoms with Gasteiger partial charge in [0.25, 0.3) is 0 Å². The minimum absolute atomic E-state index is 0.0189. The number of hydrogen-bond donors (Lipinski definition) is 3. The molecule has 0 aliphatic heterocycles. The number of benzene rings is 1. The van der Waals surface area contributed by atoms with E-state index in [4.69, 9.17) is 5.11 Å². The lowest BCUT2D eigenvalue weighted by molar-refractivity contribution is -0.121. The first kappa shape index (κ1) is 13.5. The van der Waals surface area contributed by atoms with Gasteiger partial charge in [-0.15, -0.1) is 0 Å². The molecule has 17 heavy (non-hydrogen) atoms. The zero-order chi connectivity index (χ0) is 12.7. The zero-order valence-corrected chi connectivity index (χ0v) is 10.0. The van der Waals surface area contributed by atoms with Crippen molar-refractivity contribution in [1.29, 1.82) is 0 Å². The van der Waals surface area contributed by atoms with Crippen LogP contribution in [0.1, 0.15) is 37.9 Å². The van der Waals surface area contributed by atoms with Gasteiger partial charge in [0.15, 0.2) is 0 Å². The summed E-state index contributed by atoms with van der Waals surface area (Å²) in [5, 5.41) is 21.7. The largest absolute Gasteiger partial charge is 0.508 e. The van der Waals surface area contributed by atoms with Crippen LogP contribution in [0.15, 0.2) is 24.3 Å². The van der Waals surface area contributed by atoms with Crippen molar-refractivity contribution >= 4 is 5.91 Å². The van der Waals surface area contributed by atoms with E-state index in [9.17, 15) is 9.90 Å². The van der Waals surface area contributed by atoms with Gasteiger partial charge in [-0.3, -0.25) is 4.79 Å². The molecule has 1 amide bonds. The standard InChI is InChI=1S/C13H19NO3/c1-2-3-13(17)14-9-8-12(16)10-4-6-11(15)7-5-10/h4-7,12,15-16H,2-3,8-9H2,1H3,(H,14,17). The van der Waals surface area contributed by atoms with Gasteiger partial charge in [0.05, 0.1) is 6.10 Å². The van der Waals surface area contributed by atoms with E-state index in [-0.39, 0.29) is 11.7 Å². The molecule has 4 heteroatoms. The highest BCUT2D eigenvalue weighted by atomic mass is 16.3. The second kappa shape index (κ2) is 6.91. The van der Waals surface area contributed by atoms with Gasteiger partial charge in [-0.2, -0.15) is 0 Å². The highest BCUT2D eigenvalue weighted by Gasteiger charge is 2.07. The van der Waals surface area contributed by atoms with Crippen molar-refractivity contribution in [3.05, 3.63) is 29.8 Å². The van der Waals surface area contributed by atoms with Crippen LogP contribution in [0, 0.1) is 0 Å². The summed E-state index contributed by atoms with van der Waals surface area (Å²) >= 11 is 0. The van der Waals surface area contributed by atoms with Crippen LogP contribution in [0.3, 0.4) is 0 Å². The predicted octanol–water partition coefficient (Wildman–Crippen LogP) is 1.73. The maximum atomic E-state index is 11.2. The monoisotopic (exact) mass is 237 g/mol. The van der Waals surface area contributed by atoms with Gasteiger partial charge in [0.1, 0.15) is 5.75 Å². The Bertz CT molecular complexity index is 348. The number of phenolic OH excluding ortho intramolecular Hbond substituents is 1. The highest BCUT2D eigenvalue weighted by molar-refractivity contribution is 5.75. The maximum Gasteiger partial charge on any atom is 0.219 e. The number of carbonyl (C=O) groups excluding carboxylic acids is 1. The average molecular weight is 237 g/mol. The normalized spacial score (nSPS) is 12.1. The Hall–Kier alpha value is -1.55. The number of aromatic hydroxyl groups is 1. The molecule has 0 heterocycles. The van der Waals surface area contributed by atoms with Crippen LogP contribution in [0.2, 0.25) is 0 Å². The first-order valence-corrected chi connectivity index (χ1v) is 5.87. The fraction of sp³-hybridized carbons (Fsp3) is 0.462. The van der Waals surface area contributed by atoms with Crippen molar-refractivity contribution in [2.45, 2.75) is 32.3 Å². The van der Waals surface area contributed by atoms with Crippen molar-refractivity contribution in [1.82, 2.24) is 5.32 Å². The van der Waals surface area contributed by atoms with Crippen LogP contribution >= 0.6 is 0 Å². The van der Waals surface area contributed by atoms with Crippen LogP contribution in [0.25, 0.3) is 0 Å². The maximum absolute atomic E-state index is 11.2. The average Bonchev–Trinajstić information content (AvgIpc) is 2.30. The fourth-order valence-corrected chi connectivity index (χ4v) is 1.53. The Kier molecular flexibility index (Phi) is 5.49. The third-order valence-electron chi connectivity index (χ3n) is 2.49. The molecule has 1 unspecified atom stereocenters. The lowest BCUT2D eigenvalue weighted by Crippen LogP contribution is -2.25. The van der Waals surface area contributed by atoms with Crippen molar-refractivity contribution in [2.24, 2.45) is 0 Å². The Balaban J connectivity index is 2.32. The Morgan fingerprint density at radius 1 is 1.35 bits per heavy atom. The third-order valence-corrected chi connectivity index (χ3v) is 2.49. The molecule has 0 fully saturated rings. The SMILES string of the molecule is CCCC(=O)NCCC(O)c1ccc(O)cc1. The van der Waals surface area contributed by atoms with Crippen molar-refractivity contribution in [2.75, 3.05) is 6.54 Å². The first-order valence-electron chi connectivity index (χ1n) is 5.87. The molecule has 3 N–H and O–H groups in total. The summed E-state index contributed by atoms with van der Waals surface area (Å²) in [5.41, 5.74) is 0.743. The third kappa shape index (κ3) is 4.87. The number of phenols is 1. The van der Waals surface area contributed by atoms with E-state index in [2.05, 4.69) is 5.32 Å². The summed E-state index contributed by atoms with van der Waals surface area (Å²) in [5.74, 6) is 0.197. The Labute approximate surface area is 101 Å². The number of carbonyl (C=O) groups is 1. The molecule has 0 aliphatic carbocycles. The fourth-order valence-electron chi connectivity index (χ4n) is 1.53. The van der Waals surface area contributed by atoms with Crippen molar-refractivity contribution in [3.8, 4) is 5.75 Å². The molecule has 0 aromatic heterocycles. The second-order valence-corrected chi connectivity index (χ2v) is 4.00. The van der Waals surface area contributed by atoms with Crippen molar-refractivity contribution in [3.63, 3.8) is 0 Å². The molecule has 94 valence electrons. The smallest absolute Gasteiger partial charge is 0.219 e. The predicted molar refractivity (Wildman–Crippen MR) is 65.6 cm³/mol. The molecular weight excluding hydrogens is 218 g/mol. The number of nitrogens with one attached hydrogen (secondary N) is 1. The van der Waals surface area contributed by atoms with Crippen LogP contribution in [0.4, 0.5) is 0 Å². The van der Waals surface area contributed by atoms with Gasteiger partial charge >= 0.3 is 0 Å². The van der Waals surface area contributed by atoms with Gasteiger partial charge in [-0.25, -0.2) is 0 Å². The number of rotatable bonds is 6. The quantitative estimate of drug-likeness (QED) is 0.705. The molecule has 0 saturated carbocycles. The summed E-state index contributed by atoms with van der Waals surface area (Å²) < 4.78 is 0. The van der Waals surface area contributed by atoms with E-state index < -0.39 is 6.10 Å². The van der Waals surface area contributed by atoms with Crippen LogP contribution in [-0.2, 0) is 4.79 Å². The molecule has 1 atom stereocenters. The van der Waals surface area contributed by atoms with E-state index in [1.165, 1.54) is 12.1 Å². The highest BCUT2D eigenvalue weighted by Crippen LogP contribution is 2.18. The van der Waals surface area contributed by atoms with Crippen molar-refractivity contribution < 1.29 is 15.0 Å². The number of aliphatic hydroxyl groups excluding tert-OH is 1. The summed E-state index contributed by atoms with van der Waals surface area (Å²) in [6.07, 6.45) is 1.21. The minimum atomic E-state index is -0.613. The zero-order valence-electron chi connectivity index (χ0n) is 10.0. The second-order valence-electron chi connectivity index (χ2n) is 4.00. The Morgan fingerprint density at radius 3 is 2.59 bits per heavy atom. The van der Waals surface area contributed by atoms with Crippen LogP contribution in [0.5, 0.6) is 5.75 Å². The first-order chi connectivity index (χ1) is 8.13. The lowest BCUT2D eigenvalue weighted by Gasteiger charge is -2.11. The van der Waals surface area contributed by atoms with E-state index in [0.717, 1.165) is 12.0 Å². The minimum Gasteiger partial charge on any atom is -0.508 e. The van der Waals surface area contributed by atoms with Gasteiger partial charge in [0, 0.05) is 13.0 Å². The Morgan fingerprint density at radius 2 is 2.00 bits per heavy atom. The molecule has 0 bridgehead atoms. The molecule has 4 nitrogen and oxygen atoms in total. The summed E-state index contributed by atoms with van der Waals surface area (Å²) in [4.78, 5) is 11.2. The van der Waals surface area contributed by atoms with Crippen LogP contribution in [-0.4, -0.2) is 22.7 Å². The summed E-state index contributed by atoms with van der Waals surface area (Å²) in [6.45, 7) is 2.41. The molecular formula is C13H19NO3. The summed E-state index contributed by atoms with van der Waals surface area (Å²) in [7, 11) is 0. The molecule has 0 radical (unpaired) electrons. The molecule has 1 aromatic rings. The van der Waals surface area contributed by atoms with Crippen LogP contribution < -0.4 is 5.32 Å². The number of hydrogen-bond acceptors (Lipinski definition) is 3. The molecule has 0 aliphatic rings. The van der Waals surface area contributed by atoms with E-state index in [0.29, 0.717) is 19.4 Å². The van der Waals surface area contributed by atoms with E-state index in [1.807, 2.05) is 6.92 Å². The van der Waals surface area contributed by atoms with E-state index >= 15 is 0 Å². The number of amides is 1. The number of aliphatic hydroxyl groups is 1. The summed E-state index contributed by atoms with van der Waals surface area (Å²) in [6, 6.07) is 6.42. The van der Waals surface area contributed by atoms with E-state index in [1.54, 1.807) is 12.1 Å². The molecule has 1 rings (SSSR count). The van der Waals surface area contributed by atoms with Gasteiger partial charge < -0.3 is 15.5 Å².